The Labute approximate surface area is 105 Å². The van der Waals surface area contributed by atoms with Crippen LogP contribution in [-0.4, -0.2) is 0 Å². The van der Waals surface area contributed by atoms with E-state index in [1.807, 2.05) is 13.8 Å². The molecule has 0 aliphatic rings. The van der Waals surface area contributed by atoms with E-state index in [9.17, 15) is 13.2 Å². The smallest absolute Gasteiger partial charge is 0.166 e. The zero-order valence-electron chi connectivity index (χ0n) is 10.1. The van der Waals surface area contributed by atoms with Crippen molar-refractivity contribution in [3.05, 3.63) is 34.3 Å². The fourth-order valence-corrected chi connectivity index (χ4v) is 2.23. The second-order valence-corrected chi connectivity index (χ2v) is 4.78. The summed E-state index contributed by atoms with van der Waals surface area (Å²) >= 11 is 5.93. The van der Waals surface area contributed by atoms with Crippen LogP contribution in [-0.2, 0) is 6.18 Å². The third kappa shape index (κ3) is 3.15. The number of hydrogen-bond donors (Lipinski definition) is 0. The van der Waals surface area contributed by atoms with Crippen LogP contribution in [0.2, 0.25) is 5.02 Å². The molecule has 1 aromatic rings. The van der Waals surface area contributed by atoms with Crippen molar-refractivity contribution < 1.29 is 13.2 Å². The number of rotatable bonds is 3. The van der Waals surface area contributed by atoms with Gasteiger partial charge in [0.05, 0.1) is 5.56 Å². The van der Waals surface area contributed by atoms with E-state index in [4.69, 9.17) is 11.6 Å². The van der Waals surface area contributed by atoms with Crippen LogP contribution in [0.15, 0.2) is 18.2 Å². The van der Waals surface area contributed by atoms with Gasteiger partial charge >= 0.3 is 6.18 Å². The van der Waals surface area contributed by atoms with Crippen LogP contribution in [0, 0.1) is 5.92 Å². The van der Waals surface area contributed by atoms with Gasteiger partial charge in [-0.2, -0.15) is 13.2 Å². The quantitative estimate of drug-likeness (QED) is 0.675. The van der Waals surface area contributed by atoms with Gasteiger partial charge in [-0.25, -0.2) is 0 Å². The van der Waals surface area contributed by atoms with E-state index >= 15 is 0 Å². The van der Waals surface area contributed by atoms with Gasteiger partial charge in [0, 0.05) is 5.02 Å². The summed E-state index contributed by atoms with van der Waals surface area (Å²) in [4.78, 5) is 0. The number of halogens is 4. The molecule has 17 heavy (non-hydrogen) atoms. The second-order valence-electron chi connectivity index (χ2n) is 4.37. The first-order chi connectivity index (χ1) is 7.79. The van der Waals surface area contributed by atoms with Gasteiger partial charge in [-0.05, 0) is 29.5 Å². The Hall–Kier alpha value is -0.700. The fraction of sp³-hybridized carbons (Fsp3) is 0.538. The van der Waals surface area contributed by atoms with E-state index in [0.717, 1.165) is 12.5 Å². The first-order valence-corrected chi connectivity index (χ1v) is 6.02. The van der Waals surface area contributed by atoms with Crippen molar-refractivity contribution in [2.45, 2.75) is 39.3 Å². The van der Waals surface area contributed by atoms with Crippen molar-refractivity contribution in [1.82, 2.24) is 0 Å². The summed E-state index contributed by atoms with van der Waals surface area (Å²) in [5.74, 6) is -0.0404. The Balaban J connectivity index is 3.30. The molecule has 0 heterocycles. The third-order valence-electron chi connectivity index (χ3n) is 3.31. The minimum Gasteiger partial charge on any atom is -0.166 e. The molecule has 0 spiro atoms. The van der Waals surface area contributed by atoms with Crippen molar-refractivity contribution in [2.24, 2.45) is 5.92 Å². The Bertz CT molecular complexity index is 385. The van der Waals surface area contributed by atoms with Crippen LogP contribution in [0.25, 0.3) is 0 Å². The predicted molar refractivity (Wildman–Crippen MR) is 64.3 cm³/mol. The summed E-state index contributed by atoms with van der Waals surface area (Å²) in [5.41, 5.74) is -0.395. The largest absolute Gasteiger partial charge is 0.416 e. The molecule has 2 atom stereocenters. The number of benzene rings is 1. The minimum absolute atomic E-state index is 0.163. The Morgan fingerprint density at radius 2 is 1.82 bits per heavy atom. The van der Waals surface area contributed by atoms with Gasteiger partial charge in [0.1, 0.15) is 0 Å². The van der Waals surface area contributed by atoms with Crippen LogP contribution in [0.1, 0.15) is 44.2 Å². The number of alkyl halides is 3. The molecule has 0 aromatic heterocycles. The SMILES string of the molecule is CCC(C)[C@@H](C)c1c(Cl)cccc1C(F)(F)F. The molecule has 96 valence electrons. The number of hydrogen-bond acceptors (Lipinski definition) is 0. The zero-order valence-corrected chi connectivity index (χ0v) is 10.9. The molecule has 0 saturated heterocycles. The van der Waals surface area contributed by atoms with Crippen LogP contribution in [0.3, 0.4) is 0 Å². The van der Waals surface area contributed by atoms with Gasteiger partial charge in [-0.1, -0.05) is 44.9 Å². The first-order valence-electron chi connectivity index (χ1n) is 5.64. The maximum atomic E-state index is 12.9. The summed E-state index contributed by atoms with van der Waals surface area (Å²) in [6.45, 7) is 5.70. The van der Waals surface area contributed by atoms with Crippen molar-refractivity contribution in [2.75, 3.05) is 0 Å². The molecular formula is C13H16ClF3. The third-order valence-corrected chi connectivity index (χ3v) is 3.64. The minimum atomic E-state index is -4.35. The molecule has 0 amide bonds. The standard InChI is InChI=1S/C13H16ClF3/c1-4-8(2)9(3)12-10(13(15,16)17)6-5-7-11(12)14/h5-9H,4H2,1-3H3/t8?,9-/m1/s1. The highest BCUT2D eigenvalue weighted by molar-refractivity contribution is 6.31. The van der Waals surface area contributed by atoms with Crippen molar-refractivity contribution in [3.63, 3.8) is 0 Å². The summed E-state index contributed by atoms with van der Waals surface area (Å²) in [6, 6.07) is 3.96. The lowest BCUT2D eigenvalue weighted by molar-refractivity contribution is -0.138. The lowest BCUT2D eigenvalue weighted by Gasteiger charge is -2.24. The van der Waals surface area contributed by atoms with Gasteiger partial charge in [-0.15, -0.1) is 0 Å². The molecule has 0 aliphatic carbocycles. The Morgan fingerprint density at radius 3 is 2.29 bits per heavy atom. The van der Waals surface area contributed by atoms with E-state index in [0.29, 0.717) is 0 Å². The molecular weight excluding hydrogens is 249 g/mol. The van der Waals surface area contributed by atoms with Crippen LogP contribution in [0.5, 0.6) is 0 Å². The molecule has 1 aromatic carbocycles. The average molecular weight is 265 g/mol. The highest BCUT2D eigenvalue weighted by Crippen LogP contribution is 2.41. The molecule has 4 heteroatoms. The molecule has 0 radical (unpaired) electrons. The maximum absolute atomic E-state index is 12.9. The molecule has 0 bridgehead atoms. The van der Waals surface area contributed by atoms with Gasteiger partial charge in [0.15, 0.2) is 0 Å². The zero-order chi connectivity index (χ0) is 13.2. The molecule has 0 nitrogen and oxygen atoms in total. The monoisotopic (exact) mass is 264 g/mol. The first kappa shape index (κ1) is 14.4. The summed E-state index contributed by atoms with van der Waals surface area (Å²) in [7, 11) is 0. The van der Waals surface area contributed by atoms with Crippen LogP contribution < -0.4 is 0 Å². The van der Waals surface area contributed by atoms with Gasteiger partial charge in [0.2, 0.25) is 0 Å². The average Bonchev–Trinajstić information content (AvgIpc) is 2.25. The van der Waals surface area contributed by atoms with Crippen LogP contribution >= 0.6 is 11.6 Å². The van der Waals surface area contributed by atoms with E-state index in [-0.39, 0.29) is 22.4 Å². The predicted octanol–water partition coefficient (Wildman–Crippen LogP) is 5.51. The Morgan fingerprint density at radius 1 is 1.24 bits per heavy atom. The van der Waals surface area contributed by atoms with Crippen molar-refractivity contribution in [1.29, 1.82) is 0 Å². The molecule has 0 saturated carbocycles. The topological polar surface area (TPSA) is 0 Å². The van der Waals surface area contributed by atoms with Gasteiger partial charge in [-0.3, -0.25) is 0 Å². The second kappa shape index (κ2) is 5.30. The summed E-state index contributed by atoms with van der Waals surface area (Å²) in [5, 5.41) is 0.202. The lowest BCUT2D eigenvalue weighted by atomic mass is 9.84. The normalized spacial score (nSPS) is 15.7. The Kier molecular flexibility index (Phi) is 4.48. The molecule has 0 aliphatic heterocycles. The molecule has 1 unspecified atom stereocenters. The molecule has 1 rings (SSSR count). The van der Waals surface area contributed by atoms with E-state index in [2.05, 4.69) is 0 Å². The van der Waals surface area contributed by atoms with Gasteiger partial charge < -0.3 is 0 Å². The van der Waals surface area contributed by atoms with Crippen molar-refractivity contribution in [3.8, 4) is 0 Å². The fourth-order valence-electron chi connectivity index (χ4n) is 1.89. The van der Waals surface area contributed by atoms with Crippen LogP contribution in [0.4, 0.5) is 13.2 Å². The lowest BCUT2D eigenvalue weighted by Crippen LogP contribution is -2.15. The van der Waals surface area contributed by atoms with E-state index in [1.165, 1.54) is 12.1 Å². The summed E-state index contributed by atoms with van der Waals surface area (Å²) < 4.78 is 38.7. The van der Waals surface area contributed by atoms with E-state index < -0.39 is 11.7 Å². The highest BCUT2D eigenvalue weighted by atomic mass is 35.5. The van der Waals surface area contributed by atoms with Crippen molar-refractivity contribution >= 4 is 11.6 Å². The highest BCUT2D eigenvalue weighted by Gasteiger charge is 2.36. The maximum Gasteiger partial charge on any atom is 0.416 e. The van der Waals surface area contributed by atoms with E-state index in [1.54, 1.807) is 6.92 Å². The van der Waals surface area contributed by atoms with Gasteiger partial charge in [0.25, 0.3) is 0 Å². The molecule has 0 fully saturated rings. The summed E-state index contributed by atoms with van der Waals surface area (Å²) in [6.07, 6.45) is -3.52. The molecule has 0 N–H and O–H groups in total.